The second-order valence-electron chi connectivity index (χ2n) is 4.15. The van der Waals surface area contributed by atoms with Gasteiger partial charge in [-0.3, -0.25) is 0 Å². The van der Waals surface area contributed by atoms with Gasteiger partial charge in [-0.2, -0.15) is 0 Å². The lowest BCUT2D eigenvalue weighted by Crippen LogP contribution is -2.36. The van der Waals surface area contributed by atoms with Crippen molar-refractivity contribution in [2.75, 3.05) is 20.3 Å². The van der Waals surface area contributed by atoms with E-state index in [1.54, 1.807) is 7.11 Å². The second-order valence-corrected chi connectivity index (χ2v) is 4.15. The maximum Gasteiger partial charge on any atom is 0.0882 e. The van der Waals surface area contributed by atoms with Crippen LogP contribution in [0.25, 0.3) is 0 Å². The first kappa shape index (κ1) is 12.9. The summed E-state index contributed by atoms with van der Waals surface area (Å²) in [6.07, 6.45) is 2.36. The Bertz CT molecular complexity index is 128. The fraction of sp³-hybridized carbons (Fsp3) is 1.00. The maximum absolute atomic E-state index is 10.1. The van der Waals surface area contributed by atoms with Crippen molar-refractivity contribution in [3.8, 4) is 0 Å². The average Bonchev–Trinajstić information content (AvgIpc) is 2.00. The van der Waals surface area contributed by atoms with Crippen LogP contribution < -0.4 is 5.73 Å². The van der Waals surface area contributed by atoms with Gasteiger partial charge in [0.2, 0.25) is 0 Å². The van der Waals surface area contributed by atoms with E-state index in [4.69, 9.17) is 10.5 Å². The third-order valence-electron chi connectivity index (χ3n) is 2.05. The molecular weight excluding hydrogens is 166 g/mol. The molecule has 0 aromatic rings. The van der Waals surface area contributed by atoms with Crippen molar-refractivity contribution < 1.29 is 9.84 Å². The molecule has 0 saturated carbocycles. The highest BCUT2D eigenvalue weighted by Gasteiger charge is 2.27. The van der Waals surface area contributed by atoms with Crippen LogP contribution in [0.3, 0.4) is 0 Å². The van der Waals surface area contributed by atoms with Crippen molar-refractivity contribution in [2.24, 2.45) is 11.7 Å². The Balaban J connectivity index is 3.99. The van der Waals surface area contributed by atoms with Gasteiger partial charge in [-0.15, -0.1) is 0 Å². The van der Waals surface area contributed by atoms with Crippen LogP contribution in [0, 0.1) is 5.92 Å². The molecule has 80 valence electrons. The highest BCUT2D eigenvalue weighted by atomic mass is 16.5. The first-order valence-corrected chi connectivity index (χ1v) is 4.95. The number of hydrogen-bond donors (Lipinski definition) is 2. The van der Waals surface area contributed by atoms with Gasteiger partial charge in [0.25, 0.3) is 0 Å². The van der Waals surface area contributed by atoms with E-state index in [2.05, 4.69) is 13.8 Å². The average molecular weight is 189 g/mol. The molecule has 1 atom stereocenters. The van der Waals surface area contributed by atoms with E-state index in [1.165, 1.54) is 0 Å². The molecule has 3 N–H and O–H groups in total. The van der Waals surface area contributed by atoms with E-state index in [9.17, 15) is 5.11 Å². The smallest absolute Gasteiger partial charge is 0.0882 e. The van der Waals surface area contributed by atoms with E-state index in [-0.39, 0.29) is 0 Å². The molecule has 13 heavy (non-hydrogen) atoms. The molecule has 0 aromatic heterocycles. The lowest BCUT2D eigenvalue weighted by Gasteiger charge is -2.29. The standard InChI is InChI=1S/C10H23NO2/c1-9(2)7-10(12,8-13-3)5-4-6-11/h9,12H,4-8,11H2,1-3H3. The molecule has 3 heteroatoms. The van der Waals surface area contributed by atoms with Crippen LogP contribution in [0.5, 0.6) is 0 Å². The zero-order valence-electron chi connectivity index (χ0n) is 9.05. The topological polar surface area (TPSA) is 55.5 Å². The van der Waals surface area contributed by atoms with Crippen LogP contribution >= 0.6 is 0 Å². The number of rotatable bonds is 7. The minimum Gasteiger partial charge on any atom is -0.387 e. The van der Waals surface area contributed by atoms with Gasteiger partial charge >= 0.3 is 0 Å². The Morgan fingerprint density at radius 2 is 2.08 bits per heavy atom. The molecule has 0 radical (unpaired) electrons. The Morgan fingerprint density at radius 3 is 2.46 bits per heavy atom. The summed E-state index contributed by atoms with van der Waals surface area (Å²) >= 11 is 0. The Kier molecular flexibility index (Phi) is 6.29. The Morgan fingerprint density at radius 1 is 1.46 bits per heavy atom. The monoisotopic (exact) mass is 189 g/mol. The van der Waals surface area contributed by atoms with Crippen LogP contribution in [0.15, 0.2) is 0 Å². The van der Waals surface area contributed by atoms with E-state index in [0.29, 0.717) is 19.1 Å². The molecule has 0 heterocycles. The molecule has 1 unspecified atom stereocenters. The van der Waals surface area contributed by atoms with Gasteiger partial charge in [0, 0.05) is 7.11 Å². The quantitative estimate of drug-likeness (QED) is 0.631. The molecule has 0 aliphatic heterocycles. The first-order chi connectivity index (χ1) is 6.04. The Hall–Kier alpha value is -0.120. The lowest BCUT2D eigenvalue weighted by molar-refractivity contribution is -0.0515. The van der Waals surface area contributed by atoms with Crippen molar-refractivity contribution in [3.05, 3.63) is 0 Å². The zero-order valence-corrected chi connectivity index (χ0v) is 9.05. The summed E-state index contributed by atoms with van der Waals surface area (Å²) in [5, 5.41) is 10.1. The largest absolute Gasteiger partial charge is 0.387 e. The predicted octanol–water partition coefficient (Wildman–Crippen LogP) is 1.15. The summed E-state index contributed by atoms with van der Waals surface area (Å²) in [5.41, 5.74) is 4.73. The fourth-order valence-corrected chi connectivity index (χ4v) is 1.69. The zero-order chi connectivity index (χ0) is 10.3. The van der Waals surface area contributed by atoms with E-state index >= 15 is 0 Å². The molecular formula is C10H23NO2. The minimum atomic E-state index is -0.678. The molecule has 0 spiro atoms. The van der Waals surface area contributed by atoms with Crippen LogP contribution in [0.2, 0.25) is 0 Å². The molecule has 0 aliphatic rings. The summed E-state index contributed by atoms with van der Waals surface area (Å²) < 4.78 is 5.01. The summed E-state index contributed by atoms with van der Waals surface area (Å²) in [6, 6.07) is 0. The van der Waals surface area contributed by atoms with Gasteiger partial charge in [0.05, 0.1) is 12.2 Å². The maximum atomic E-state index is 10.1. The van der Waals surface area contributed by atoms with Crippen molar-refractivity contribution in [3.63, 3.8) is 0 Å². The number of aliphatic hydroxyl groups is 1. The SMILES string of the molecule is COCC(O)(CCCN)CC(C)C. The van der Waals surface area contributed by atoms with E-state index < -0.39 is 5.60 Å². The number of methoxy groups -OCH3 is 1. The van der Waals surface area contributed by atoms with Crippen LogP contribution in [-0.2, 0) is 4.74 Å². The van der Waals surface area contributed by atoms with Crippen molar-refractivity contribution >= 4 is 0 Å². The van der Waals surface area contributed by atoms with Gasteiger partial charge in [0.15, 0.2) is 0 Å². The van der Waals surface area contributed by atoms with Crippen molar-refractivity contribution in [1.29, 1.82) is 0 Å². The van der Waals surface area contributed by atoms with Crippen molar-refractivity contribution in [1.82, 2.24) is 0 Å². The number of ether oxygens (including phenoxy) is 1. The summed E-state index contributed by atoms with van der Waals surface area (Å²) in [4.78, 5) is 0. The number of hydrogen-bond acceptors (Lipinski definition) is 3. The molecule has 0 rings (SSSR count). The van der Waals surface area contributed by atoms with Crippen molar-refractivity contribution in [2.45, 2.75) is 38.7 Å². The normalized spacial score (nSPS) is 16.2. The highest BCUT2D eigenvalue weighted by Crippen LogP contribution is 2.22. The number of nitrogens with two attached hydrogens (primary N) is 1. The second kappa shape index (κ2) is 6.35. The molecule has 0 amide bonds. The molecule has 0 aromatic carbocycles. The minimum absolute atomic E-state index is 0.408. The summed E-state index contributed by atoms with van der Waals surface area (Å²) in [7, 11) is 1.62. The Labute approximate surface area is 81.3 Å². The highest BCUT2D eigenvalue weighted by molar-refractivity contribution is 4.79. The van der Waals surface area contributed by atoms with Gasteiger partial charge < -0.3 is 15.6 Å². The van der Waals surface area contributed by atoms with Gasteiger partial charge in [0.1, 0.15) is 0 Å². The van der Waals surface area contributed by atoms with E-state index in [1.807, 2.05) is 0 Å². The summed E-state index contributed by atoms with van der Waals surface area (Å²) in [5.74, 6) is 0.484. The van der Waals surface area contributed by atoms with Crippen LogP contribution in [0.4, 0.5) is 0 Å². The molecule has 0 aliphatic carbocycles. The predicted molar refractivity (Wildman–Crippen MR) is 54.6 cm³/mol. The molecule has 3 nitrogen and oxygen atoms in total. The third-order valence-corrected chi connectivity index (χ3v) is 2.05. The van der Waals surface area contributed by atoms with Gasteiger partial charge in [-0.1, -0.05) is 13.8 Å². The van der Waals surface area contributed by atoms with Crippen LogP contribution in [0.1, 0.15) is 33.1 Å². The lowest BCUT2D eigenvalue weighted by atomic mass is 9.89. The van der Waals surface area contributed by atoms with Gasteiger partial charge in [-0.05, 0) is 31.7 Å². The van der Waals surface area contributed by atoms with Gasteiger partial charge in [-0.25, -0.2) is 0 Å². The van der Waals surface area contributed by atoms with Crippen LogP contribution in [-0.4, -0.2) is 31.0 Å². The molecule has 0 fully saturated rings. The third kappa shape index (κ3) is 6.02. The molecule has 0 bridgehead atoms. The van der Waals surface area contributed by atoms with E-state index in [0.717, 1.165) is 19.3 Å². The first-order valence-electron chi connectivity index (χ1n) is 4.95. The fourth-order valence-electron chi connectivity index (χ4n) is 1.69. The molecule has 0 saturated heterocycles. The summed E-state index contributed by atoms with van der Waals surface area (Å²) in [6.45, 7) is 5.24.